The van der Waals surface area contributed by atoms with Crippen LogP contribution in [0.3, 0.4) is 0 Å². The molecule has 2 saturated heterocycles. The van der Waals surface area contributed by atoms with Crippen molar-refractivity contribution in [3.63, 3.8) is 0 Å². The predicted octanol–water partition coefficient (Wildman–Crippen LogP) is -4.76. The van der Waals surface area contributed by atoms with Gasteiger partial charge in [0.1, 0.15) is 71.2 Å². The van der Waals surface area contributed by atoms with Gasteiger partial charge in [0.25, 0.3) is 11.8 Å². The van der Waals surface area contributed by atoms with E-state index in [4.69, 9.17) is 32.4 Å². The Kier molecular flexibility index (Phi) is 9.96. The number of fused-ring (bicyclic) bond motifs is 2. The number of nitrogen functional groups attached to an aromatic ring is 2. The number of hydrogen-bond donors (Lipinski definition) is 10. The van der Waals surface area contributed by atoms with Gasteiger partial charge < -0.3 is 77.7 Å². The summed E-state index contributed by atoms with van der Waals surface area (Å²) in [4.78, 5) is 39.8. The average molecular weight is 665 g/mol. The molecular formula is C26H36N10O11. The van der Waals surface area contributed by atoms with Crippen molar-refractivity contribution in [2.24, 2.45) is 11.5 Å². The number of carbonyl (C=O) groups excluding carboxylic acids is 2. The number of anilines is 2. The van der Waals surface area contributed by atoms with E-state index >= 15 is 0 Å². The van der Waals surface area contributed by atoms with Crippen molar-refractivity contribution in [1.82, 2.24) is 29.1 Å². The molecule has 0 radical (unpaired) electrons. The fourth-order valence-corrected chi connectivity index (χ4v) is 5.56. The topological polar surface area (TPSA) is 371 Å². The summed E-state index contributed by atoms with van der Waals surface area (Å²) in [6, 6.07) is 0. The number of aromatic nitrogens is 6. The van der Waals surface area contributed by atoms with Gasteiger partial charge in [-0.1, -0.05) is 0 Å². The van der Waals surface area contributed by atoms with Crippen LogP contribution in [0.15, 0.2) is 12.4 Å². The first kappa shape index (κ1) is 35.3. The molecule has 0 bridgehead atoms. The molecule has 21 heteroatoms. The van der Waals surface area contributed by atoms with E-state index in [1.54, 1.807) is 13.8 Å². The van der Waals surface area contributed by atoms with E-state index in [0.29, 0.717) is 11.6 Å². The Morgan fingerprint density at radius 2 is 1.04 bits per heavy atom. The van der Waals surface area contributed by atoms with E-state index in [1.165, 1.54) is 21.5 Å². The average Bonchev–Trinajstić information content (AvgIpc) is 3.71. The van der Waals surface area contributed by atoms with Gasteiger partial charge in [0.15, 0.2) is 12.5 Å². The van der Waals surface area contributed by atoms with E-state index in [-0.39, 0.29) is 50.3 Å². The zero-order valence-corrected chi connectivity index (χ0v) is 25.0. The molecule has 21 nitrogen and oxygen atoms in total. The highest BCUT2D eigenvalue weighted by atomic mass is 16.6. The van der Waals surface area contributed by atoms with Gasteiger partial charge in [0.05, 0.1) is 35.1 Å². The molecule has 0 spiro atoms. The molecule has 2 fully saturated rings. The summed E-state index contributed by atoms with van der Waals surface area (Å²) < 4.78 is 13.7. The molecule has 16 N–H and O–H groups in total. The Hall–Kier alpha value is -4.58. The smallest absolute Gasteiger partial charge is 0.251 e. The fourth-order valence-electron chi connectivity index (χ4n) is 5.56. The number of primary amides is 2. The molecule has 47 heavy (non-hydrogen) atoms. The van der Waals surface area contributed by atoms with Crippen LogP contribution >= 0.6 is 0 Å². The quantitative estimate of drug-likeness (QED) is 0.0924. The Balaban J connectivity index is 0.000000208. The first-order valence-electron chi connectivity index (χ1n) is 13.8. The summed E-state index contributed by atoms with van der Waals surface area (Å²) in [5.41, 5.74) is 23.1. The highest BCUT2D eigenvalue weighted by Crippen LogP contribution is 2.36. The number of aliphatic hydroxyl groups is 6. The van der Waals surface area contributed by atoms with Crippen molar-refractivity contribution >= 4 is 45.5 Å². The molecule has 256 valence electrons. The van der Waals surface area contributed by atoms with Crippen molar-refractivity contribution in [3.8, 4) is 0 Å². The molecule has 4 aromatic heterocycles. The molecule has 2 amide bonds. The predicted molar refractivity (Wildman–Crippen MR) is 160 cm³/mol. The largest absolute Gasteiger partial charge is 0.412 e. The van der Waals surface area contributed by atoms with Gasteiger partial charge in [-0.2, -0.15) is 0 Å². The number of aryl methyl sites for hydroxylation is 2. The van der Waals surface area contributed by atoms with Crippen LogP contribution in [0.5, 0.6) is 0 Å². The third-order valence-electron chi connectivity index (χ3n) is 7.74. The van der Waals surface area contributed by atoms with Gasteiger partial charge in [-0.15, -0.1) is 0 Å². The maximum absolute atomic E-state index is 11.7. The number of nitrogens with two attached hydrogens (primary N) is 4. The van der Waals surface area contributed by atoms with E-state index in [1.807, 2.05) is 0 Å². The molecule has 2 aliphatic rings. The minimum atomic E-state index is -1.32. The van der Waals surface area contributed by atoms with E-state index in [9.17, 15) is 40.2 Å². The van der Waals surface area contributed by atoms with E-state index in [0.717, 1.165) is 0 Å². The van der Waals surface area contributed by atoms with Crippen LogP contribution in [0.4, 0.5) is 11.6 Å². The third-order valence-corrected chi connectivity index (χ3v) is 7.74. The molecule has 0 saturated carbocycles. The lowest BCUT2D eigenvalue weighted by atomic mass is 10.1. The first-order chi connectivity index (χ1) is 21.7. The second-order valence-corrected chi connectivity index (χ2v) is 10.8. The van der Waals surface area contributed by atoms with Crippen LogP contribution in [-0.4, -0.2) is 127 Å². The van der Waals surface area contributed by atoms with Gasteiger partial charge in [-0.3, -0.25) is 9.59 Å². The first-order valence-corrected chi connectivity index (χ1v) is 13.8. The second kappa shape index (κ2) is 13.3. The van der Waals surface area contributed by atoms with Crippen LogP contribution in [0.25, 0.3) is 22.1 Å². The van der Waals surface area contributed by atoms with Crippen molar-refractivity contribution in [2.75, 3.05) is 24.7 Å². The van der Waals surface area contributed by atoms with Gasteiger partial charge in [0, 0.05) is 12.4 Å². The summed E-state index contributed by atoms with van der Waals surface area (Å²) in [7, 11) is 0. The van der Waals surface area contributed by atoms with E-state index < -0.39 is 74.1 Å². The SMILES string of the molecule is Cc1nc(N)c2c(C(N)=O)cn([C@@H]3O[C@@H](CO)[C@@H](O)[C@H]3O)c2n1.Cc1nc(N)c2c(C(N)=O)cn([C@@H]3O[C@@H](CO)[C@@H](O)[C@H]3O)c2n1.O. The van der Waals surface area contributed by atoms with Crippen molar-refractivity contribution < 1.29 is 55.2 Å². The standard InChI is InChI=1S/2C13H17N5O5.H2O/c2*1-4-16-10(14)7-5(11(15)22)2-18(12(7)17-4)13-9(21)8(20)6(3-19)23-13;/h2*2,6,8-9,13,19-21H,3H2,1H3,(H2,15,22)(H2,14,16,17);1H2/t2*6-,8+,9+,13+;/m00./s1. The number of rotatable bonds is 6. The molecule has 0 aliphatic carbocycles. The summed E-state index contributed by atoms with van der Waals surface area (Å²) in [6.45, 7) is 2.31. The van der Waals surface area contributed by atoms with Gasteiger partial charge >= 0.3 is 0 Å². The molecule has 0 unspecified atom stereocenters. The lowest BCUT2D eigenvalue weighted by Gasteiger charge is -2.17. The summed E-state index contributed by atoms with van der Waals surface area (Å²) in [5.74, 6) is -0.605. The third kappa shape index (κ3) is 6.02. The Bertz CT molecular complexity index is 1680. The summed E-state index contributed by atoms with van der Waals surface area (Å²) >= 11 is 0. The summed E-state index contributed by atoms with van der Waals surface area (Å²) in [5, 5.41) is 59.0. The zero-order valence-electron chi connectivity index (χ0n) is 25.0. The molecular weight excluding hydrogens is 628 g/mol. The fraction of sp³-hybridized carbons (Fsp3) is 0.462. The van der Waals surface area contributed by atoms with E-state index in [2.05, 4.69) is 19.9 Å². The number of amides is 2. The number of carbonyl (C=O) groups is 2. The highest BCUT2D eigenvalue weighted by molar-refractivity contribution is 6.09. The minimum absolute atomic E-state index is 0. The van der Waals surface area contributed by atoms with Gasteiger partial charge in [-0.25, -0.2) is 19.9 Å². The molecule has 6 rings (SSSR count). The van der Waals surface area contributed by atoms with Crippen molar-refractivity contribution in [1.29, 1.82) is 0 Å². The Labute approximate surface area is 264 Å². The maximum atomic E-state index is 11.7. The molecule has 4 aromatic rings. The zero-order chi connectivity index (χ0) is 33.8. The second-order valence-electron chi connectivity index (χ2n) is 10.8. The molecule has 0 aromatic carbocycles. The summed E-state index contributed by atoms with van der Waals surface area (Å²) in [6.07, 6.45) is -6.51. The monoisotopic (exact) mass is 664 g/mol. The van der Waals surface area contributed by atoms with Crippen molar-refractivity contribution in [3.05, 3.63) is 35.2 Å². The Morgan fingerprint density at radius 3 is 1.32 bits per heavy atom. The van der Waals surface area contributed by atoms with Crippen LogP contribution in [0.1, 0.15) is 44.8 Å². The van der Waals surface area contributed by atoms with Gasteiger partial charge in [-0.05, 0) is 13.8 Å². The van der Waals surface area contributed by atoms with Gasteiger partial charge in [0.2, 0.25) is 0 Å². The highest BCUT2D eigenvalue weighted by Gasteiger charge is 2.45. The normalized spacial score (nSPS) is 27.1. The number of nitrogens with zero attached hydrogens (tertiary/aromatic N) is 6. The number of hydrogen-bond acceptors (Lipinski definition) is 16. The number of aliphatic hydroxyl groups excluding tert-OH is 6. The molecule has 6 heterocycles. The molecule has 2 aliphatic heterocycles. The van der Waals surface area contributed by atoms with Crippen LogP contribution in [0.2, 0.25) is 0 Å². The van der Waals surface area contributed by atoms with Crippen molar-refractivity contribution in [2.45, 2.75) is 62.9 Å². The minimum Gasteiger partial charge on any atom is -0.412 e. The number of ether oxygens (including phenoxy) is 2. The maximum Gasteiger partial charge on any atom is 0.251 e. The Morgan fingerprint density at radius 1 is 0.702 bits per heavy atom. The van der Waals surface area contributed by atoms with Crippen LogP contribution < -0.4 is 22.9 Å². The lowest BCUT2D eigenvalue weighted by Crippen LogP contribution is -2.33. The lowest BCUT2D eigenvalue weighted by molar-refractivity contribution is -0.0509. The van der Waals surface area contributed by atoms with Crippen LogP contribution in [0, 0.1) is 13.8 Å². The van der Waals surface area contributed by atoms with Crippen LogP contribution in [-0.2, 0) is 9.47 Å². The molecule has 8 atom stereocenters.